The molecule has 0 bridgehead atoms. The van der Waals surface area contributed by atoms with Gasteiger partial charge in [0.05, 0.1) is 6.04 Å². The van der Waals surface area contributed by atoms with Crippen molar-refractivity contribution in [1.29, 1.82) is 0 Å². The summed E-state index contributed by atoms with van der Waals surface area (Å²) in [5.74, 6) is 0.243. The first-order valence-corrected chi connectivity index (χ1v) is 8.02. The van der Waals surface area contributed by atoms with E-state index in [0.29, 0.717) is 5.92 Å². The van der Waals surface area contributed by atoms with Gasteiger partial charge in [-0.05, 0) is 36.3 Å². The topological polar surface area (TPSA) is 74.8 Å². The van der Waals surface area contributed by atoms with Crippen LogP contribution in [0.2, 0.25) is 0 Å². The van der Waals surface area contributed by atoms with E-state index in [9.17, 15) is 9.59 Å². The van der Waals surface area contributed by atoms with Crippen LogP contribution >= 0.6 is 11.3 Å². The number of hydrogen-bond acceptors (Lipinski definition) is 4. The molecule has 0 unspecified atom stereocenters. The van der Waals surface area contributed by atoms with Crippen molar-refractivity contribution in [3.63, 3.8) is 0 Å². The number of aromatic amines is 1. The third-order valence-corrected chi connectivity index (χ3v) is 4.87. The lowest BCUT2D eigenvalue weighted by atomic mass is 9.96. The standard InChI is InChI=1S/C15H17N3O2S/c19-13-8-7-11(17-18-13)15(20)16-14(10-4-1-2-5-10)12-6-3-9-21-12/h3,6-10,14H,1-2,4-5H2,(H,16,20)(H,18,19)/t14-/m1/s1. The van der Waals surface area contributed by atoms with Crippen molar-refractivity contribution in [2.75, 3.05) is 0 Å². The molecule has 6 heteroatoms. The molecule has 1 atom stereocenters. The Balaban J connectivity index is 1.79. The van der Waals surface area contributed by atoms with Gasteiger partial charge in [-0.3, -0.25) is 9.59 Å². The Morgan fingerprint density at radius 2 is 2.14 bits per heavy atom. The fraction of sp³-hybridized carbons (Fsp3) is 0.400. The Bertz CT molecular complexity index is 639. The number of carbonyl (C=O) groups is 1. The number of amides is 1. The number of carbonyl (C=O) groups excluding carboxylic acids is 1. The Labute approximate surface area is 126 Å². The number of hydrogen-bond donors (Lipinski definition) is 2. The van der Waals surface area contributed by atoms with Gasteiger partial charge in [-0.25, -0.2) is 5.10 Å². The Hall–Kier alpha value is -1.95. The molecule has 2 aromatic rings. The van der Waals surface area contributed by atoms with E-state index in [-0.39, 0.29) is 23.2 Å². The second-order valence-corrected chi connectivity index (χ2v) is 6.30. The Kier molecular flexibility index (Phi) is 4.15. The zero-order chi connectivity index (χ0) is 14.7. The van der Waals surface area contributed by atoms with Crippen molar-refractivity contribution >= 4 is 17.2 Å². The number of nitrogens with one attached hydrogen (secondary N) is 2. The van der Waals surface area contributed by atoms with Crippen LogP contribution in [0.25, 0.3) is 0 Å². The van der Waals surface area contributed by atoms with Gasteiger partial charge in [0, 0.05) is 10.9 Å². The van der Waals surface area contributed by atoms with Gasteiger partial charge >= 0.3 is 0 Å². The van der Waals surface area contributed by atoms with E-state index in [1.54, 1.807) is 11.3 Å². The van der Waals surface area contributed by atoms with E-state index in [0.717, 1.165) is 12.8 Å². The highest BCUT2D eigenvalue weighted by Gasteiger charge is 2.28. The van der Waals surface area contributed by atoms with Gasteiger partial charge in [-0.1, -0.05) is 18.9 Å². The SMILES string of the molecule is O=C(N[C@@H](c1cccs1)C1CCCC1)c1ccc(=O)[nH]n1. The highest BCUT2D eigenvalue weighted by Crippen LogP contribution is 2.37. The maximum atomic E-state index is 12.3. The lowest BCUT2D eigenvalue weighted by Gasteiger charge is -2.23. The first-order chi connectivity index (χ1) is 10.2. The summed E-state index contributed by atoms with van der Waals surface area (Å²) in [5, 5.41) is 11.2. The third kappa shape index (κ3) is 3.21. The maximum Gasteiger partial charge on any atom is 0.272 e. The summed E-state index contributed by atoms with van der Waals surface area (Å²) in [4.78, 5) is 24.5. The van der Waals surface area contributed by atoms with E-state index in [4.69, 9.17) is 0 Å². The average molecular weight is 303 g/mol. The molecule has 1 saturated carbocycles. The summed E-state index contributed by atoms with van der Waals surface area (Å²) in [5.41, 5.74) is -0.0636. The molecule has 0 radical (unpaired) electrons. The summed E-state index contributed by atoms with van der Waals surface area (Å²) >= 11 is 1.66. The van der Waals surface area contributed by atoms with Crippen molar-refractivity contribution < 1.29 is 4.79 Å². The largest absolute Gasteiger partial charge is 0.343 e. The van der Waals surface area contributed by atoms with Gasteiger partial charge in [0.1, 0.15) is 5.69 Å². The second-order valence-electron chi connectivity index (χ2n) is 5.32. The molecule has 0 spiro atoms. The van der Waals surface area contributed by atoms with Crippen LogP contribution in [0.4, 0.5) is 0 Å². The number of nitrogens with zero attached hydrogens (tertiary/aromatic N) is 1. The van der Waals surface area contributed by atoms with Gasteiger partial charge in [0.25, 0.3) is 11.5 Å². The zero-order valence-corrected chi connectivity index (χ0v) is 12.4. The number of rotatable bonds is 4. The lowest BCUT2D eigenvalue weighted by molar-refractivity contribution is 0.0916. The summed E-state index contributed by atoms with van der Waals surface area (Å²) < 4.78 is 0. The van der Waals surface area contributed by atoms with Crippen LogP contribution in [-0.2, 0) is 0 Å². The molecule has 5 nitrogen and oxygen atoms in total. The summed E-state index contributed by atoms with van der Waals surface area (Å²) in [6.07, 6.45) is 4.72. The van der Waals surface area contributed by atoms with Crippen LogP contribution < -0.4 is 10.9 Å². The van der Waals surface area contributed by atoms with Crippen LogP contribution in [0.5, 0.6) is 0 Å². The molecule has 2 aromatic heterocycles. The predicted octanol–water partition coefficient (Wildman–Crippen LogP) is 2.49. The molecule has 0 aromatic carbocycles. The zero-order valence-electron chi connectivity index (χ0n) is 11.5. The van der Waals surface area contributed by atoms with Crippen LogP contribution in [0, 0.1) is 5.92 Å². The molecule has 0 saturated heterocycles. The highest BCUT2D eigenvalue weighted by atomic mass is 32.1. The molecule has 3 rings (SSSR count). The number of H-pyrrole nitrogens is 1. The molecule has 2 N–H and O–H groups in total. The molecule has 2 heterocycles. The fourth-order valence-electron chi connectivity index (χ4n) is 2.87. The van der Waals surface area contributed by atoms with Crippen molar-refractivity contribution in [1.82, 2.24) is 15.5 Å². The Morgan fingerprint density at radius 3 is 2.76 bits per heavy atom. The maximum absolute atomic E-state index is 12.3. The van der Waals surface area contributed by atoms with E-state index in [1.807, 2.05) is 11.4 Å². The monoisotopic (exact) mass is 303 g/mol. The second kappa shape index (κ2) is 6.22. The Morgan fingerprint density at radius 1 is 1.33 bits per heavy atom. The van der Waals surface area contributed by atoms with E-state index in [2.05, 4.69) is 21.6 Å². The molecule has 21 heavy (non-hydrogen) atoms. The van der Waals surface area contributed by atoms with Crippen molar-refractivity contribution in [2.24, 2.45) is 5.92 Å². The smallest absolute Gasteiger partial charge is 0.272 e. The van der Waals surface area contributed by atoms with E-state index in [1.165, 1.54) is 29.9 Å². The first kappa shape index (κ1) is 14.0. The average Bonchev–Trinajstić information content (AvgIpc) is 3.19. The summed E-state index contributed by atoms with van der Waals surface area (Å²) in [7, 11) is 0. The predicted molar refractivity (Wildman–Crippen MR) is 81.3 cm³/mol. The van der Waals surface area contributed by atoms with E-state index < -0.39 is 0 Å². The molecular weight excluding hydrogens is 286 g/mol. The molecular formula is C15H17N3O2S. The minimum Gasteiger partial charge on any atom is -0.343 e. The van der Waals surface area contributed by atoms with Gasteiger partial charge in [0.2, 0.25) is 0 Å². The molecule has 0 aliphatic heterocycles. The van der Waals surface area contributed by atoms with Crippen molar-refractivity contribution in [3.05, 3.63) is 50.6 Å². The third-order valence-electron chi connectivity index (χ3n) is 3.92. The first-order valence-electron chi connectivity index (χ1n) is 7.14. The van der Waals surface area contributed by atoms with Gasteiger partial charge in [-0.15, -0.1) is 11.3 Å². The summed E-state index contributed by atoms with van der Waals surface area (Å²) in [6.45, 7) is 0. The van der Waals surface area contributed by atoms with Crippen LogP contribution in [0.15, 0.2) is 34.4 Å². The van der Waals surface area contributed by atoms with Crippen molar-refractivity contribution in [2.45, 2.75) is 31.7 Å². The van der Waals surface area contributed by atoms with Crippen LogP contribution in [0.1, 0.15) is 47.1 Å². The normalized spacial score (nSPS) is 16.8. The minimum absolute atomic E-state index is 0.0359. The van der Waals surface area contributed by atoms with Crippen molar-refractivity contribution in [3.8, 4) is 0 Å². The fourth-order valence-corrected chi connectivity index (χ4v) is 3.74. The minimum atomic E-state index is -0.308. The van der Waals surface area contributed by atoms with Crippen LogP contribution in [-0.4, -0.2) is 16.1 Å². The molecule has 1 aliphatic carbocycles. The summed E-state index contributed by atoms with van der Waals surface area (Å²) in [6, 6.07) is 6.88. The highest BCUT2D eigenvalue weighted by molar-refractivity contribution is 7.10. The molecule has 1 fully saturated rings. The quantitative estimate of drug-likeness (QED) is 0.911. The van der Waals surface area contributed by atoms with E-state index >= 15 is 0 Å². The molecule has 1 amide bonds. The molecule has 110 valence electrons. The number of aromatic nitrogens is 2. The van der Waals surface area contributed by atoms with Crippen LogP contribution in [0.3, 0.4) is 0 Å². The van der Waals surface area contributed by atoms with Gasteiger partial charge in [-0.2, -0.15) is 5.10 Å². The lowest BCUT2D eigenvalue weighted by Crippen LogP contribution is -2.33. The van der Waals surface area contributed by atoms with Gasteiger partial charge in [0.15, 0.2) is 0 Å². The number of thiophene rings is 1. The molecule has 1 aliphatic rings. The van der Waals surface area contributed by atoms with Gasteiger partial charge < -0.3 is 5.32 Å².